The predicted molar refractivity (Wildman–Crippen MR) is 103 cm³/mol. The van der Waals surface area contributed by atoms with Crippen LogP contribution in [0.4, 0.5) is 10.1 Å². The summed E-state index contributed by atoms with van der Waals surface area (Å²) in [6, 6.07) is 9.20. The molecule has 1 N–H and O–H groups in total. The Morgan fingerprint density at radius 2 is 1.67 bits per heavy atom. The van der Waals surface area contributed by atoms with E-state index in [2.05, 4.69) is 10.3 Å². The first-order valence-electron chi connectivity index (χ1n) is 7.89. The minimum absolute atomic E-state index is 0.269. The highest BCUT2D eigenvalue weighted by molar-refractivity contribution is 8.18. The fraction of sp³-hybridized carbons (Fsp3) is 0.158. The van der Waals surface area contributed by atoms with Crippen molar-refractivity contribution in [3.05, 3.63) is 52.7 Å². The Hall–Kier alpha value is -3.00. The van der Waals surface area contributed by atoms with Crippen LogP contribution in [-0.2, 0) is 4.79 Å². The second-order valence-corrected chi connectivity index (χ2v) is 6.45. The number of methoxy groups -OCH3 is 3. The predicted octanol–water partition coefficient (Wildman–Crippen LogP) is 3.74. The van der Waals surface area contributed by atoms with E-state index in [1.54, 1.807) is 18.2 Å². The lowest BCUT2D eigenvalue weighted by Gasteiger charge is -2.12. The molecule has 0 bridgehead atoms. The number of carbonyl (C=O) groups is 1. The molecule has 1 aliphatic rings. The van der Waals surface area contributed by atoms with Crippen LogP contribution in [0.5, 0.6) is 17.2 Å². The number of carbonyl (C=O) groups excluding carboxylic acids is 1. The lowest BCUT2D eigenvalue weighted by molar-refractivity contribution is -0.115. The molecular formula is C19H17FN2O4S. The fourth-order valence-corrected chi connectivity index (χ4v) is 3.29. The number of nitrogens with one attached hydrogen (secondary N) is 1. The van der Waals surface area contributed by atoms with Gasteiger partial charge in [-0.2, -0.15) is 0 Å². The van der Waals surface area contributed by atoms with Crippen molar-refractivity contribution in [1.82, 2.24) is 5.32 Å². The molecule has 1 saturated heterocycles. The van der Waals surface area contributed by atoms with Gasteiger partial charge < -0.3 is 19.5 Å². The molecule has 1 fully saturated rings. The van der Waals surface area contributed by atoms with Crippen LogP contribution in [0.25, 0.3) is 6.08 Å². The summed E-state index contributed by atoms with van der Waals surface area (Å²) in [7, 11) is 4.58. The van der Waals surface area contributed by atoms with Gasteiger partial charge in [-0.05, 0) is 59.8 Å². The number of amidine groups is 1. The van der Waals surface area contributed by atoms with Crippen molar-refractivity contribution < 1.29 is 23.4 Å². The second kappa shape index (κ2) is 8.13. The van der Waals surface area contributed by atoms with Crippen LogP contribution in [0, 0.1) is 5.82 Å². The van der Waals surface area contributed by atoms with Gasteiger partial charge in [0.2, 0.25) is 5.75 Å². The Balaban J connectivity index is 1.89. The van der Waals surface area contributed by atoms with Crippen molar-refractivity contribution in [3.8, 4) is 17.2 Å². The average Bonchev–Trinajstić information content (AvgIpc) is 3.01. The maximum absolute atomic E-state index is 13.0. The van der Waals surface area contributed by atoms with Crippen LogP contribution in [-0.4, -0.2) is 32.4 Å². The van der Waals surface area contributed by atoms with E-state index < -0.39 is 0 Å². The van der Waals surface area contributed by atoms with Crippen LogP contribution in [0.1, 0.15) is 5.56 Å². The van der Waals surface area contributed by atoms with Crippen LogP contribution >= 0.6 is 11.8 Å². The first kappa shape index (κ1) is 18.8. The lowest BCUT2D eigenvalue weighted by atomic mass is 10.1. The minimum atomic E-state index is -0.343. The van der Waals surface area contributed by atoms with Crippen molar-refractivity contribution in [2.75, 3.05) is 21.3 Å². The third kappa shape index (κ3) is 4.22. The molecule has 27 heavy (non-hydrogen) atoms. The van der Waals surface area contributed by atoms with Gasteiger partial charge in [0.1, 0.15) is 5.82 Å². The molecule has 0 atom stereocenters. The number of benzene rings is 2. The number of thioether (sulfide) groups is 1. The zero-order chi connectivity index (χ0) is 19.4. The highest BCUT2D eigenvalue weighted by atomic mass is 32.2. The third-order valence-corrected chi connectivity index (χ3v) is 4.60. The summed E-state index contributed by atoms with van der Waals surface area (Å²) in [6.07, 6.45) is 1.71. The first-order chi connectivity index (χ1) is 13.0. The molecule has 8 heteroatoms. The first-order valence-corrected chi connectivity index (χ1v) is 8.71. The third-order valence-electron chi connectivity index (χ3n) is 3.69. The standard InChI is InChI=1S/C19H17FN2O4S/c1-24-14-8-11(9-15(25-2)17(14)26-3)10-16-18(23)22-19(27-16)21-13-6-4-12(20)5-7-13/h4-10H,1-3H3,(H,21,22,23)/b16-10-. The van der Waals surface area contributed by atoms with E-state index in [4.69, 9.17) is 14.2 Å². The zero-order valence-corrected chi connectivity index (χ0v) is 15.7. The molecule has 1 amide bonds. The number of halogens is 1. The summed E-state index contributed by atoms with van der Waals surface area (Å²) in [5, 5.41) is 3.11. The largest absolute Gasteiger partial charge is 0.493 e. The molecule has 2 aromatic rings. The van der Waals surface area contributed by atoms with Crippen molar-refractivity contribution in [3.63, 3.8) is 0 Å². The molecule has 0 spiro atoms. The second-order valence-electron chi connectivity index (χ2n) is 5.42. The topological polar surface area (TPSA) is 69.2 Å². The summed E-state index contributed by atoms with van der Waals surface area (Å²) in [5.74, 6) is 0.850. The Kier molecular flexibility index (Phi) is 5.66. The van der Waals surface area contributed by atoms with E-state index in [1.165, 1.54) is 57.4 Å². The molecule has 2 aromatic carbocycles. The van der Waals surface area contributed by atoms with Crippen LogP contribution in [0.3, 0.4) is 0 Å². The van der Waals surface area contributed by atoms with E-state index >= 15 is 0 Å². The van der Waals surface area contributed by atoms with Gasteiger partial charge in [0.25, 0.3) is 5.91 Å². The molecular weight excluding hydrogens is 371 g/mol. The number of hydrogen-bond acceptors (Lipinski definition) is 6. The monoisotopic (exact) mass is 388 g/mol. The van der Waals surface area contributed by atoms with Gasteiger partial charge >= 0.3 is 0 Å². The molecule has 1 heterocycles. The quantitative estimate of drug-likeness (QED) is 0.790. The minimum Gasteiger partial charge on any atom is -0.493 e. The summed E-state index contributed by atoms with van der Waals surface area (Å²) in [5.41, 5.74) is 1.26. The van der Waals surface area contributed by atoms with Crippen molar-refractivity contribution >= 4 is 34.6 Å². The van der Waals surface area contributed by atoms with E-state index in [1.807, 2.05) is 0 Å². The molecule has 0 aromatic heterocycles. The fourth-order valence-electron chi connectivity index (χ4n) is 2.45. The Morgan fingerprint density at radius 3 is 2.22 bits per heavy atom. The van der Waals surface area contributed by atoms with Crippen LogP contribution in [0.15, 0.2) is 46.3 Å². The molecule has 3 rings (SSSR count). The van der Waals surface area contributed by atoms with Gasteiger partial charge in [-0.25, -0.2) is 9.38 Å². The van der Waals surface area contributed by atoms with E-state index in [9.17, 15) is 9.18 Å². The molecule has 0 saturated carbocycles. The Bertz CT molecular complexity index is 901. The van der Waals surface area contributed by atoms with Crippen molar-refractivity contribution in [2.45, 2.75) is 0 Å². The van der Waals surface area contributed by atoms with Crippen molar-refractivity contribution in [2.24, 2.45) is 4.99 Å². The highest BCUT2D eigenvalue weighted by Gasteiger charge is 2.24. The summed E-state index contributed by atoms with van der Waals surface area (Å²) >= 11 is 1.19. The van der Waals surface area contributed by atoms with E-state index in [0.29, 0.717) is 38.6 Å². The van der Waals surface area contributed by atoms with Crippen molar-refractivity contribution in [1.29, 1.82) is 0 Å². The molecule has 1 aliphatic heterocycles. The summed E-state index contributed by atoms with van der Waals surface area (Å²) in [6.45, 7) is 0. The molecule has 0 unspecified atom stereocenters. The van der Waals surface area contributed by atoms with E-state index in [0.717, 1.165) is 0 Å². The maximum atomic E-state index is 13.0. The summed E-state index contributed by atoms with van der Waals surface area (Å²) < 4.78 is 28.9. The highest BCUT2D eigenvalue weighted by Crippen LogP contribution is 2.39. The molecule has 140 valence electrons. The Labute approximate surface area is 160 Å². The number of nitrogens with zero attached hydrogens (tertiary/aromatic N) is 1. The molecule has 0 aliphatic carbocycles. The molecule has 0 radical (unpaired) electrons. The van der Waals surface area contributed by atoms with Gasteiger partial charge in [0.05, 0.1) is 31.9 Å². The van der Waals surface area contributed by atoms with Crippen LogP contribution < -0.4 is 19.5 Å². The zero-order valence-electron chi connectivity index (χ0n) is 14.9. The van der Waals surface area contributed by atoms with Gasteiger partial charge in [-0.1, -0.05) is 0 Å². The number of amides is 1. The van der Waals surface area contributed by atoms with Gasteiger partial charge in [-0.3, -0.25) is 4.79 Å². The smallest absolute Gasteiger partial charge is 0.264 e. The number of aliphatic imine (C=N–C) groups is 1. The lowest BCUT2D eigenvalue weighted by Crippen LogP contribution is -2.19. The normalized spacial score (nSPS) is 16.5. The van der Waals surface area contributed by atoms with Gasteiger partial charge in [-0.15, -0.1) is 0 Å². The number of ether oxygens (including phenoxy) is 3. The van der Waals surface area contributed by atoms with Gasteiger partial charge in [0.15, 0.2) is 16.7 Å². The molecule has 6 nitrogen and oxygen atoms in total. The average molecular weight is 388 g/mol. The number of hydrogen-bond donors (Lipinski definition) is 1. The SMILES string of the molecule is COc1cc(/C=C2\SC(=Nc3ccc(F)cc3)NC2=O)cc(OC)c1OC. The number of rotatable bonds is 5. The maximum Gasteiger partial charge on any atom is 0.264 e. The van der Waals surface area contributed by atoms with Crippen LogP contribution in [0.2, 0.25) is 0 Å². The van der Waals surface area contributed by atoms with E-state index in [-0.39, 0.29) is 11.7 Å². The van der Waals surface area contributed by atoms with Gasteiger partial charge in [0, 0.05) is 0 Å². The summed E-state index contributed by atoms with van der Waals surface area (Å²) in [4.78, 5) is 17.0. The Morgan fingerprint density at radius 1 is 1.04 bits per heavy atom.